The lowest BCUT2D eigenvalue weighted by atomic mass is 10.1. The van der Waals surface area contributed by atoms with Gasteiger partial charge in [0.1, 0.15) is 11.8 Å². The Hall–Kier alpha value is -3.07. The van der Waals surface area contributed by atoms with Crippen LogP contribution in [0.25, 0.3) is 0 Å². The summed E-state index contributed by atoms with van der Waals surface area (Å²) in [6, 6.07) is 14.4. The van der Waals surface area contributed by atoms with Gasteiger partial charge in [-0.1, -0.05) is 44.0 Å². The summed E-state index contributed by atoms with van der Waals surface area (Å²) in [7, 11) is -1.94. The fourth-order valence-corrected chi connectivity index (χ4v) is 5.81. The molecule has 2 aromatic rings. The molecule has 1 N–H and O–H groups in total. The number of anilines is 1. The summed E-state index contributed by atoms with van der Waals surface area (Å²) in [4.78, 5) is 28.2. The SMILES string of the molecule is CCc1ccc(N(CCCC(=O)N(Cc2cccc(OC)c2)C(C)C(=O)NC2CCCC2)S(C)(=O)=O)cc1. The largest absolute Gasteiger partial charge is 0.497 e. The molecule has 1 aliphatic carbocycles. The third-order valence-corrected chi connectivity index (χ3v) is 8.33. The molecule has 3 rings (SSSR count). The molecule has 9 heteroatoms. The predicted molar refractivity (Wildman–Crippen MR) is 151 cm³/mol. The van der Waals surface area contributed by atoms with Crippen molar-refractivity contribution >= 4 is 27.5 Å². The lowest BCUT2D eigenvalue weighted by Crippen LogP contribution is -2.49. The molecule has 1 unspecified atom stereocenters. The number of rotatable bonds is 13. The number of benzene rings is 2. The van der Waals surface area contributed by atoms with Crippen molar-refractivity contribution in [3.63, 3.8) is 0 Å². The molecular weight excluding hydrogens is 502 g/mol. The Morgan fingerprint density at radius 2 is 1.76 bits per heavy atom. The molecule has 0 heterocycles. The molecule has 0 bridgehead atoms. The van der Waals surface area contributed by atoms with E-state index in [1.807, 2.05) is 43.3 Å². The highest BCUT2D eigenvalue weighted by Gasteiger charge is 2.29. The maximum atomic E-state index is 13.5. The van der Waals surface area contributed by atoms with Crippen LogP contribution in [0.5, 0.6) is 5.75 Å². The molecule has 1 aliphatic rings. The average Bonchev–Trinajstić information content (AvgIpc) is 3.41. The van der Waals surface area contributed by atoms with E-state index in [0.717, 1.165) is 43.2 Å². The minimum Gasteiger partial charge on any atom is -0.497 e. The minimum atomic E-state index is -3.52. The molecule has 2 aromatic carbocycles. The first-order valence-corrected chi connectivity index (χ1v) is 15.3. The van der Waals surface area contributed by atoms with Gasteiger partial charge in [0, 0.05) is 25.6 Å². The van der Waals surface area contributed by atoms with Crippen LogP contribution in [0, 0.1) is 0 Å². The van der Waals surface area contributed by atoms with Crippen molar-refractivity contribution in [1.82, 2.24) is 10.2 Å². The molecule has 0 radical (unpaired) electrons. The summed E-state index contributed by atoms with van der Waals surface area (Å²) in [6.45, 7) is 4.22. The standard InChI is InChI=1S/C29H41N3O5S/c1-5-23-15-17-26(18-16-23)32(38(4,35)36)19-9-14-28(33)31(21-24-10-8-13-27(20-24)37-3)22(2)29(34)30-25-11-6-7-12-25/h8,10,13,15-18,20,22,25H,5-7,9,11-12,14,19,21H2,1-4H3,(H,30,34). The predicted octanol–water partition coefficient (Wildman–Crippen LogP) is 4.28. The zero-order valence-electron chi connectivity index (χ0n) is 23.0. The Bertz CT molecular complexity index is 1180. The zero-order chi connectivity index (χ0) is 27.7. The molecule has 8 nitrogen and oxygen atoms in total. The third-order valence-electron chi connectivity index (χ3n) is 7.14. The Balaban J connectivity index is 1.72. The molecule has 1 atom stereocenters. The van der Waals surface area contributed by atoms with Gasteiger partial charge in [-0.2, -0.15) is 0 Å². The van der Waals surface area contributed by atoms with Gasteiger partial charge in [-0.3, -0.25) is 13.9 Å². The van der Waals surface area contributed by atoms with Gasteiger partial charge in [0.2, 0.25) is 21.8 Å². The molecular formula is C29H41N3O5S. The summed E-state index contributed by atoms with van der Waals surface area (Å²) >= 11 is 0. The van der Waals surface area contributed by atoms with Gasteiger partial charge in [0.15, 0.2) is 0 Å². The van der Waals surface area contributed by atoms with Gasteiger partial charge in [0.25, 0.3) is 0 Å². The number of sulfonamides is 1. The molecule has 1 fully saturated rings. The zero-order valence-corrected chi connectivity index (χ0v) is 23.8. The van der Waals surface area contributed by atoms with Gasteiger partial charge >= 0.3 is 0 Å². The lowest BCUT2D eigenvalue weighted by molar-refractivity contribution is -0.141. The first-order chi connectivity index (χ1) is 18.1. The summed E-state index contributed by atoms with van der Waals surface area (Å²) in [6.07, 6.45) is 6.60. The average molecular weight is 544 g/mol. The summed E-state index contributed by atoms with van der Waals surface area (Å²) in [5.41, 5.74) is 2.55. The van der Waals surface area contributed by atoms with Crippen molar-refractivity contribution in [3.8, 4) is 5.75 Å². The summed E-state index contributed by atoms with van der Waals surface area (Å²) < 4.78 is 31.7. The van der Waals surface area contributed by atoms with Crippen LogP contribution in [-0.2, 0) is 32.6 Å². The number of nitrogens with one attached hydrogen (secondary N) is 1. The molecule has 0 spiro atoms. The highest BCUT2D eigenvalue weighted by Crippen LogP contribution is 2.22. The van der Waals surface area contributed by atoms with Gasteiger partial charge in [0.05, 0.1) is 19.1 Å². The molecule has 38 heavy (non-hydrogen) atoms. The second kappa shape index (κ2) is 13.6. The number of hydrogen-bond donors (Lipinski definition) is 1. The highest BCUT2D eigenvalue weighted by atomic mass is 32.2. The van der Waals surface area contributed by atoms with Gasteiger partial charge < -0.3 is 15.0 Å². The lowest BCUT2D eigenvalue weighted by Gasteiger charge is -2.30. The third kappa shape index (κ3) is 8.21. The van der Waals surface area contributed by atoms with Crippen molar-refractivity contribution < 1.29 is 22.7 Å². The summed E-state index contributed by atoms with van der Waals surface area (Å²) in [5.74, 6) is 0.314. The fraction of sp³-hybridized carbons (Fsp3) is 0.517. The Labute approximate surface area is 227 Å². The quantitative estimate of drug-likeness (QED) is 0.407. The Morgan fingerprint density at radius 3 is 2.37 bits per heavy atom. The van der Waals surface area contributed by atoms with E-state index >= 15 is 0 Å². The second-order valence-electron chi connectivity index (χ2n) is 10.00. The van der Waals surface area contributed by atoms with Crippen LogP contribution >= 0.6 is 0 Å². The van der Waals surface area contributed by atoms with Gasteiger partial charge in [-0.25, -0.2) is 8.42 Å². The first kappa shape index (κ1) is 29.5. The van der Waals surface area contributed by atoms with Crippen LogP contribution in [0.3, 0.4) is 0 Å². The van der Waals surface area contributed by atoms with Crippen LogP contribution in [0.4, 0.5) is 5.69 Å². The number of carbonyl (C=O) groups is 2. The molecule has 1 saturated carbocycles. The molecule has 0 aromatic heterocycles. The second-order valence-corrected chi connectivity index (χ2v) is 11.9. The Kier molecular flexibility index (Phi) is 10.6. The van der Waals surface area contributed by atoms with Crippen molar-refractivity contribution in [2.24, 2.45) is 0 Å². The van der Waals surface area contributed by atoms with Crippen molar-refractivity contribution in [1.29, 1.82) is 0 Å². The van der Waals surface area contributed by atoms with E-state index in [1.165, 1.54) is 10.6 Å². The smallest absolute Gasteiger partial charge is 0.242 e. The number of methoxy groups -OCH3 is 1. The Morgan fingerprint density at radius 1 is 1.08 bits per heavy atom. The van der Waals surface area contributed by atoms with E-state index < -0.39 is 16.1 Å². The van der Waals surface area contributed by atoms with Crippen LogP contribution < -0.4 is 14.4 Å². The van der Waals surface area contributed by atoms with Crippen LogP contribution in [0.15, 0.2) is 48.5 Å². The monoisotopic (exact) mass is 543 g/mol. The van der Waals surface area contributed by atoms with Crippen LogP contribution in [-0.4, -0.2) is 57.1 Å². The van der Waals surface area contributed by atoms with E-state index in [2.05, 4.69) is 5.32 Å². The number of amides is 2. The van der Waals surface area contributed by atoms with E-state index in [1.54, 1.807) is 31.1 Å². The number of nitrogens with zero attached hydrogens (tertiary/aromatic N) is 2. The molecule has 2 amide bonds. The van der Waals surface area contributed by atoms with E-state index in [4.69, 9.17) is 4.74 Å². The number of carbonyl (C=O) groups excluding carboxylic acids is 2. The maximum Gasteiger partial charge on any atom is 0.242 e. The van der Waals surface area contributed by atoms with E-state index in [0.29, 0.717) is 17.9 Å². The van der Waals surface area contributed by atoms with Crippen molar-refractivity contribution in [3.05, 3.63) is 59.7 Å². The van der Waals surface area contributed by atoms with Crippen LogP contribution in [0.1, 0.15) is 63.5 Å². The van der Waals surface area contributed by atoms with Crippen molar-refractivity contribution in [2.45, 2.75) is 77.4 Å². The topological polar surface area (TPSA) is 96.0 Å². The fourth-order valence-electron chi connectivity index (χ4n) is 4.84. The number of aryl methyl sites for hydroxylation is 1. The molecule has 0 aliphatic heterocycles. The number of ether oxygens (including phenoxy) is 1. The summed E-state index contributed by atoms with van der Waals surface area (Å²) in [5, 5.41) is 3.10. The van der Waals surface area contributed by atoms with Crippen molar-refractivity contribution in [2.75, 3.05) is 24.2 Å². The maximum absolute atomic E-state index is 13.5. The minimum absolute atomic E-state index is 0.115. The van der Waals surface area contributed by atoms with Gasteiger partial charge in [-0.15, -0.1) is 0 Å². The first-order valence-electron chi connectivity index (χ1n) is 13.4. The van der Waals surface area contributed by atoms with Gasteiger partial charge in [-0.05, 0) is 68.0 Å². The molecule has 208 valence electrons. The normalized spacial score (nSPS) is 14.6. The van der Waals surface area contributed by atoms with E-state index in [-0.39, 0.29) is 37.4 Å². The molecule has 0 saturated heterocycles. The number of hydrogen-bond acceptors (Lipinski definition) is 5. The highest BCUT2D eigenvalue weighted by molar-refractivity contribution is 7.92. The van der Waals surface area contributed by atoms with Crippen LogP contribution in [0.2, 0.25) is 0 Å². The van der Waals surface area contributed by atoms with E-state index in [9.17, 15) is 18.0 Å².